The largest absolute Gasteiger partial charge is 0.399 e. The van der Waals surface area contributed by atoms with Crippen LogP contribution in [0, 0.1) is 12.3 Å². The van der Waals surface area contributed by atoms with Crippen molar-refractivity contribution < 1.29 is 8.42 Å². The Bertz CT molecular complexity index is 741. The van der Waals surface area contributed by atoms with E-state index in [4.69, 9.17) is 12.2 Å². The van der Waals surface area contributed by atoms with Gasteiger partial charge in [0.25, 0.3) is 0 Å². The van der Waals surface area contributed by atoms with Crippen LogP contribution < -0.4 is 5.73 Å². The number of nitrogen functional groups attached to an aromatic ring is 1. The SMILES string of the molecule is C#CCN(CC)S(=O)(=O)c1c[nH]c2ccc(N)cc12. The quantitative estimate of drug-likeness (QED) is 0.655. The summed E-state index contributed by atoms with van der Waals surface area (Å²) in [5.74, 6) is 2.36. The van der Waals surface area contributed by atoms with E-state index in [0.29, 0.717) is 17.6 Å². The van der Waals surface area contributed by atoms with E-state index in [9.17, 15) is 8.42 Å². The van der Waals surface area contributed by atoms with Gasteiger partial charge in [0.1, 0.15) is 4.90 Å². The Morgan fingerprint density at radius 2 is 2.21 bits per heavy atom. The van der Waals surface area contributed by atoms with Crippen LogP contribution in [0.1, 0.15) is 6.92 Å². The van der Waals surface area contributed by atoms with Crippen molar-refractivity contribution in [1.82, 2.24) is 9.29 Å². The van der Waals surface area contributed by atoms with Crippen LogP contribution in [0.5, 0.6) is 0 Å². The van der Waals surface area contributed by atoms with Gasteiger partial charge >= 0.3 is 0 Å². The van der Waals surface area contributed by atoms with E-state index in [1.807, 2.05) is 0 Å². The third kappa shape index (κ3) is 2.30. The monoisotopic (exact) mass is 277 g/mol. The van der Waals surface area contributed by atoms with Crippen molar-refractivity contribution in [3.05, 3.63) is 24.4 Å². The lowest BCUT2D eigenvalue weighted by atomic mass is 10.2. The number of terminal acetylenes is 1. The van der Waals surface area contributed by atoms with Crippen molar-refractivity contribution in [2.45, 2.75) is 11.8 Å². The Labute approximate surface area is 112 Å². The molecule has 3 N–H and O–H groups in total. The molecule has 0 aliphatic heterocycles. The Morgan fingerprint density at radius 3 is 2.84 bits per heavy atom. The molecule has 19 heavy (non-hydrogen) atoms. The van der Waals surface area contributed by atoms with Crippen LogP contribution in [0.3, 0.4) is 0 Å². The molecule has 0 bridgehead atoms. The molecule has 0 atom stereocenters. The zero-order valence-electron chi connectivity index (χ0n) is 10.6. The molecule has 5 nitrogen and oxygen atoms in total. The molecule has 0 spiro atoms. The molecule has 1 aromatic carbocycles. The number of hydrogen-bond acceptors (Lipinski definition) is 3. The molecule has 0 saturated carbocycles. The van der Waals surface area contributed by atoms with Gasteiger partial charge in [-0.25, -0.2) is 8.42 Å². The van der Waals surface area contributed by atoms with E-state index < -0.39 is 10.0 Å². The number of nitrogens with zero attached hydrogens (tertiary/aromatic N) is 1. The Hall–Kier alpha value is -1.97. The van der Waals surface area contributed by atoms with Crippen LogP contribution >= 0.6 is 0 Å². The van der Waals surface area contributed by atoms with Gasteiger partial charge in [-0.15, -0.1) is 6.42 Å². The third-order valence-electron chi connectivity index (χ3n) is 2.91. The maximum absolute atomic E-state index is 12.5. The van der Waals surface area contributed by atoms with Crippen molar-refractivity contribution in [2.24, 2.45) is 0 Å². The van der Waals surface area contributed by atoms with Crippen molar-refractivity contribution >= 4 is 26.6 Å². The summed E-state index contributed by atoms with van der Waals surface area (Å²) in [6, 6.07) is 5.11. The molecule has 0 aliphatic rings. The molecule has 6 heteroatoms. The third-order valence-corrected chi connectivity index (χ3v) is 4.87. The Morgan fingerprint density at radius 1 is 1.47 bits per heavy atom. The van der Waals surface area contributed by atoms with Gasteiger partial charge in [-0.1, -0.05) is 12.8 Å². The topological polar surface area (TPSA) is 79.2 Å². The Kier molecular flexibility index (Phi) is 3.51. The van der Waals surface area contributed by atoms with Gasteiger partial charge in [0, 0.05) is 29.3 Å². The summed E-state index contributed by atoms with van der Waals surface area (Å²) in [6.07, 6.45) is 6.68. The molecule has 0 radical (unpaired) electrons. The minimum atomic E-state index is -3.61. The summed E-state index contributed by atoms with van der Waals surface area (Å²) in [6.45, 7) is 2.12. The number of fused-ring (bicyclic) bond motifs is 1. The predicted molar refractivity (Wildman–Crippen MR) is 76.0 cm³/mol. The summed E-state index contributed by atoms with van der Waals surface area (Å²) in [5, 5.41) is 0.579. The second kappa shape index (κ2) is 4.96. The Balaban J connectivity index is 2.61. The van der Waals surface area contributed by atoms with Crippen molar-refractivity contribution in [3.8, 4) is 12.3 Å². The normalized spacial score (nSPS) is 11.8. The number of nitrogens with two attached hydrogens (primary N) is 1. The van der Waals surface area contributed by atoms with Crippen molar-refractivity contribution in [3.63, 3.8) is 0 Å². The lowest BCUT2D eigenvalue weighted by Gasteiger charge is -2.17. The summed E-state index contributed by atoms with van der Waals surface area (Å²) >= 11 is 0. The molecule has 0 aliphatic carbocycles. The molecule has 0 amide bonds. The molecule has 2 rings (SSSR count). The highest BCUT2D eigenvalue weighted by atomic mass is 32.2. The number of nitrogens with one attached hydrogen (secondary N) is 1. The molecule has 0 fully saturated rings. The molecular formula is C13H15N3O2S. The molecule has 100 valence electrons. The zero-order chi connectivity index (χ0) is 14.0. The molecule has 2 aromatic rings. The highest BCUT2D eigenvalue weighted by Gasteiger charge is 2.25. The highest BCUT2D eigenvalue weighted by molar-refractivity contribution is 7.89. The fourth-order valence-electron chi connectivity index (χ4n) is 1.93. The molecule has 1 heterocycles. The summed E-state index contributed by atoms with van der Waals surface area (Å²) in [7, 11) is -3.61. The van der Waals surface area contributed by atoms with Crippen molar-refractivity contribution in [2.75, 3.05) is 18.8 Å². The van der Waals surface area contributed by atoms with Gasteiger partial charge < -0.3 is 10.7 Å². The number of aromatic nitrogens is 1. The number of H-pyrrole nitrogens is 1. The first-order valence-corrected chi connectivity index (χ1v) is 7.25. The second-order valence-corrected chi connectivity index (χ2v) is 6.00. The van der Waals surface area contributed by atoms with E-state index in [1.54, 1.807) is 25.1 Å². The number of anilines is 1. The van der Waals surface area contributed by atoms with E-state index in [2.05, 4.69) is 10.9 Å². The number of sulfonamides is 1. The number of hydrogen-bond donors (Lipinski definition) is 2. The first-order valence-electron chi connectivity index (χ1n) is 5.81. The summed E-state index contributed by atoms with van der Waals surface area (Å²) < 4.78 is 26.3. The fourth-order valence-corrected chi connectivity index (χ4v) is 3.45. The van der Waals surface area contributed by atoms with Gasteiger partial charge in [0.2, 0.25) is 10.0 Å². The molecular weight excluding hydrogens is 262 g/mol. The first kappa shape index (κ1) is 13.5. The summed E-state index contributed by atoms with van der Waals surface area (Å²) in [5.41, 5.74) is 6.95. The minimum absolute atomic E-state index is 0.0494. The van der Waals surface area contributed by atoms with E-state index >= 15 is 0 Å². The van der Waals surface area contributed by atoms with E-state index in [-0.39, 0.29) is 11.4 Å². The average molecular weight is 277 g/mol. The van der Waals surface area contributed by atoms with Crippen LogP contribution in [0.2, 0.25) is 0 Å². The highest BCUT2D eigenvalue weighted by Crippen LogP contribution is 2.27. The number of rotatable bonds is 4. The second-order valence-electron chi connectivity index (χ2n) is 4.09. The summed E-state index contributed by atoms with van der Waals surface area (Å²) in [4.78, 5) is 3.13. The lowest BCUT2D eigenvalue weighted by Crippen LogP contribution is -2.31. The zero-order valence-corrected chi connectivity index (χ0v) is 11.4. The van der Waals surface area contributed by atoms with Gasteiger partial charge in [0.15, 0.2) is 0 Å². The lowest BCUT2D eigenvalue weighted by molar-refractivity contribution is 0.465. The molecule has 1 aromatic heterocycles. The van der Waals surface area contributed by atoms with Crippen LogP contribution in [-0.2, 0) is 10.0 Å². The van der Waals surface area contributed by atoms with E-state index in [1.165, 1.54) is 10.5 Å². The van der Waals surface area contributed by atoms with Crippen LogP contribution in [0.15, 0.2) is 29.3 Å². The van der Waals surface area contributed by atoms with Crippen LogP contribution in [0.4, 0.5) is 5.69 Å². The molecule has 0 saturated heterocycles. The number of benzene rings is 1. The smallest absolute Gasteiger partial charge is 0.246 e. The van der Waals surface area contributed by atoms with Gasteiger partial charge in [-0.2, -0.15) is 4.31 Å². The average Bonchev–Trinajstić information content (AvgIpc) is 2.79. The van der Waals surface area contributed by atoms with Gasteiger partial charge in [0.05, 0.1) is 6.54 Å². The van der Waals surface area contributed by atoms with Gasteiger partial charge in [-0.05, 0) is 18.2 Å². The van der Waals surface area contributed by atoms with Crippen LogP contribution in [0.25, 0.3) is 10.9 Å². The maximum atomic E-state index is 12.5. The number of aromatic amines is 1. The fraction of sp³-hybridized carbons (Fsp3) is 0.231. The predicted octanol–water partition coefficient (Wildman–Crippen LogP) is 1.39. The van der Waals surface area contributed by atoms with E-state index in [0.717, 1.165) is 5.52 Å². The first-order chi connectivity index (χ1) is 9.00. The standard InChI is InChI=1S/C13H15N3O2S/c1-3-7-16(4-2)19(17,18)13-9-15-12-6-5-10(14)8-11(12)13/h1,5-6,8-9,15H,4,7,14H2,2H3. The minimum Gasteiger partial charge on any atom is -0.399 e. The van der Waals surface area contributed by atoms with Crippen molar-refractivity contribution in [1.29, 1.82) is 0 Å². The van der Waals surface area contributed by atoms with Crippen LogP contribution in [-0.4, -0.2) is 30.8 Å². The van der Waals surface area contributed by atoms with Gasteiger partial charge in [-0.3, -0.25) is 0 Å². The molecule has 0 unspecified atom stereocenters. The maximum Gasteiger partial charge on any atom is 0.246 e.